The molecule has 0 spiro atoms. The third kappa shape index (κ3) is 3.41. The van der Waals surface area contributed by atoms with Crippen LogP contribution < -0.4 is 4.72 Å². The fourth-order valence-electron chi connectivity index (χ4n) is 1.64. The van der Waals surface area contributed by atoms with Crippen LogP contribution in [0, 0.1) is 12.7 Å². The van der Waals surface area contributed by atoms with Gasteiger partial charge >= 0.3 is 0 Å². The molecule has 0 aliphatic carbocycles. The Labute approximate surface area is 125 Å². The van der Waals surface area contributed by atoms with Crippen molar-refractivity contribution in [2.45, 2.75) is 18.4 Å². The maximum Gasteiger partial charge on any atom is 0.243 e. The molecule has 1 aromatic heterocycles. The Morgan fingerprint density at radius 2 is 2.10 bits per heavy atom. The van der Waals surface area contributed by atoms with Gasteiger partial charge in [0.2, 0.25) is 10.0 Å². The van der Waals surface area contributed by atoms with E-state index in [1.807, 2.05) is 6.92 Å². The summed E-state index contributed by atoms with van der Waals surface area (Å²) in [5, 5.41) is 0. The standard InChI is InChI=1S/C13H12BrFN2O2S/c1-9-7-16-5-4-10(9)8-17-20(18,19)13-3-2-11(14)6-12(13)15/h2-7,17H,8H2,1H3. The number of benzene rings is 1. The first-order chi connectivity index (χ1) is 9.40. The lowest BCUT2D eigenvalue weighted by atomic mass is 10.2. The SMILES string of the molecule is Cc1cnccc1CNS(=O)(=O)c1ccc(Br)cc1F. The molecule has 0 saturated carbocycles. The van der Waals surface area contributed by atoms with E-state index in [2.05, 4.69) is 25.6 Å². The summed E-state index contributed by atoms with van der Waals surface area (Å²) in [6.45, 7) is 1.92. The van der Waals surface area contributed by atoms with Crippen LogP contribution in [0.1, 0.15) is 11.1 Å². The topological polar surface area (TPSA) is 59.1 Å². The van der Waals surface area contributed by atoms with Crippen molar-refractivity contribution in [2.24, 2.45) is 0 Å². The monoisotopic (exact) mass is 358 g/mol. The summed E-state index contributed by atoms with van der Waals surface area (Å²) in [5.41, 5.74) is 1.66. The average Bonchev–Trinajstić information content (AvgIpc) is 2.37. The van der Waals surface area contributed by atoms with Gasteiger partial charge in [-0.2, -0.15) is 0 Å². The summed E-state index contributed by atoms with van der Waals surface area (Å²) in [5.74, 6) is -0.793. The van der Waals surface area contributed by atoms with Gasteiger partial charge in [-0.3, -0.25) is 4.98 Å². The van der Waals surface area contributed by atoms with Crippen molar-refractivity contribution in [2.75, 3.05) is 0 Å². The molecule has 0 aliphatic heterocycles. The van der Waals surface area contributed by atoms with Crippen LogP contribution in [0.15, 0.2) is 46.0 Å². The minimum absolute atomic E-state index is 0.0895. The van der Waals surface area contributed by atoms with Crippen molar-refractivity contribution in [1.29, 1.82) is 0 Å². The zero-order valence-electron chi connectivity index (χ0n) is 10.6. The number of nitrogens with one attached hydrogen (secondary N) is 1. The number of aromatic nitrogens is 1. The van der Waals surface area contributed by atoms with Crippen LogP contribution in [0.5, 0.6) is 0 Å². The maximum absolute atomic E-state index is 13.7. The van der Waals surface area contributed by atoms with Crippen LogP contribution in [-0.4, -0.2) is 13.4 Å². The quantitative estimate of drug-likeness (QED) is 0.913. The highest BCUT2D eigenvalue weighted by Gasteiger charge is 2.19. The molecule has 1 heterocycles. The fourth-order valence-corrected chi connectivity index (χ4v) is 3.04. The van der Waals surface area contributed by atoms with Crippen LogP contribution in [0.25, 0.3) is 0 Å². The van der Waals surface area contributed by atoms with E-state index in [1.54, 1.807) is 18.5 Å². The minimum Gasteiger partial charge on any atom is -0.264 e. The first kappa shape index (κ1) is 15.1. The molecule has 7 heteroatoms. The molecule has 0 aliphatic rings. The lowest BCUT2D eigenvalue weighted by molar-refractivity contribution is 0.556. The van der Waals surface area contributed by atoms with Gasteiger partial charge in [0.15, 0.2) is 0 Å². The number of hydrogen-bond acceptors (Lipinski definition) is 3. The van der Waals surface area contributed by atoms with Gasteiger partial charge in [-0.1, -0.05) is 15.9 Å². The number of aryl methyl sites for hydroxylation is 1. The molecule has 0 saturated heterocycles. The molecule has 2 aromatic rings. The van der Waals surface area contributed by atoms with Gasteiger partial charge < -0.3 is 0 Å². The Kier molecular flexibility index (Phi) is 4.52. The van der Waals surface area contributed by atoms with Gasteiger partial charge in [0.1, 0.15) is 10.7 Å². The molecule has 106 valence electrons. The summed E-state index contributed by atoms with van der Waals surface area (Å²) in [4.78, 5) is 3.56. The van der Waals surface area contributed by atoms with Crippen LogP contribution in [0.3, 0.4) is 0 Å². The molecule has 1 aromatic carbocycles. The van der Waals surface area contributed by atoms with Crippen LogP contribution in [0.2, 0.25) is 0 Å². The van der Waals surface area contributed by atoms with E-state index in [1.165, 1.54) is 12.1 Å². The number of halogens is 2. The first-order valence-electron chi connectivity index (χ1n) is 5.74. The Hall–Kier alpha value is -1.31. The Morgan fingerprint density at radius 3 is 2.75 bits per heavy atom. The van der Waals surface area contributed by atoms with E-state index in [0.29, 0.717) is 4.47 Å². The number of sulfonamides is 1. The zero-order chi connectivity index (χ0) is 14.8. The Bertz CT molecular complexity index is 735. The van der Waals surface area contributed by atoms with Gasteiger partial charge in [0.05, 0.1) is 0 Å². The van der Waals surface area contributed by atoms with Crippen molar-refractivity contribution in [3.63, 3.8) is 0 Å². The van der Waals surface area contributed by atoms with Crippen molar-refractivity contribution < 1.29 is 12.8 Å². The number of rotatable bonds is 4. The highest BCUT2D eigenvalue weighted by Crippen LogP contribution is 2.19. The third-order valence-electron chi connectivity index (χ3n) is 2.77. The molecular formula is C13H12BrFN2O2S. The van der Waals surface area contributed by atoms with Gasteiger partial charge in [-0.15, -0.1) is 0 Å². The summed E-state index contributed by atoms with van der Waals surface area (Å²) in [6, 6.07) is 5.54. The second-order valence-electron chi connectivity index (χ2n) is 4.20. The van der Waals surface area contributed by atoms with Crippen LogP contribution >= 0.6 is 15.9 Å². The van der Waals surface area contributed by atoms with Gasteiger partial charge in [0, 0.05) is 23.4 Å². The van der Waals surface area contributed by atoms with E-state index in [0.717, 1.165) is 17.2 Å². The lowest BCUT2D eigenvalue weighted by Gasteiger charge is -2.09. The fraction of sp³-hybridized carbons (Fsp3) is 0.154. The number of nitrogens with zero attached hydrogens (tertiary/aromatic N) is 1. The van der Waals surface area contributed by atoms with Gasteiger partial charge in [-0.25, -0.2) is 17.5 Å². The highest BCUT2D eigenvalue weighted by molar-refractivity contribution is 9.10. The maximum atomic E-state index is 13.7. The number of hydrogen-bond donors (Lipinski definition) is 1. The highest BCUT2D eigenvalue weighted by atomic mass is 79.9. The Balaban J connectivity index is 2.22. The van der Waals surface area contributed by atoms with E-state index in [4.69, 9.17) is 0 Å². The molecule has 0 fully saturated rings. The largest absolute Gasteiger partial charge is 0.264 e. The van der Waals surface area contributed by atoms with E-state index < -0.39 is 15.8 Å². The molecule has 20 heavy (non-hydrogen) atoms. The predicted octanol–water partition coefficient (Wildman–Crippen LogP) is 2.77. The summed E-state index contributed by atoms with van der Waals surface area (Å²) >= 11 is 3.09. The lowest BCUT2D eigenvalue weighted by Crippen LogP contribution is -2.24. The normalized spacial score (nSPS) is 11.6. The van der Waals surface area contributed by atoms with Gasteiger partial charge in [-0.05, 0) is 42.3 Å². The molecule has 2 rings (SSSR count). The molecule has 0 unspecified atom stereocenters. The summed E-state index contributed by atoms with van der Waals surface area (Å²) < 4.78 is 40.7. The van der Waals surface area contributed by atoms with Crippen molar-refractivity contribution in [1.82, 2.24) is 9.71 Å². The number of pyridine rings is 1. The molecule has 0 amide bonds. The first-order valence-corrected chi connectivity index (χ1v) is 8.02. The van der Waals surface area contributed by atoms with Crippen molar-refractivity contribution in [3.8, 4) is 0 Å². The second-order valence-corrected chi connectivity index (χ2v) is 6.85. The van der Waals surface area contributed by atoms with E-state index in [-0.39, 0.29) is 11.4 Å². The molecule has 1 N–H and O–H groups in total. The minimum atomic E-state index is -3.89. The molecular weight excluding hydrogens is 347 g/mol. The van der Waals surface area contributed by atoms with Crippen molar-refractivity contribution >= 4 is 26.0 Å². The van der Waals surface area contributed by atoms with E-state index >= 15 is 0 Å². The second kappa shape index (κ2) is 5.99. The van der Waals surface area contributed by atoms with Crippen molar-refractivity contribution in [3.05, 3.63) is 58.1 Å². The molecule has 0 atom stereocenters. The molecule has 4 nitrogen and oxygen atoms in total. The van der Waals surface area contributed by atoms with Crippen LogP contribution in [-0.2, 0) is 16.6 Å². The predicted molar refractivity (Wildman–Crippen MR) is 77.1 cm³/mol. The smallest absolute Gasteiger partial charge is 0.243 e. The average molecular weight is 359 g/mol. The molecule has 0 bridgehead atoms. The van der Waals surface area contributed by atoms with Crippen LogP contribution in [0.4, 0.5) is 4.39 Å². The summed E-state index contributed by atoms with van der Waals surface area (Å²) in [6.07, 6.45) is 3.22. The third-order valence-corrected chi connectivity index (χ3v) is 4.70. The zero-order valence-corrected chi connectivity index (χ0v) is 13.0. The Morgan fingerprint density at radius 1 is 1.35 bits per heavy atom. The van der Waals surface area contributed by atoms with E-state index in [9.17, 15) is 12.8 Å². The molecule has 0 radical (unpaired) electrons. The van der Waals surface area contributed by atoms with Gasteiger partial charge in [0.25, 0.3) is 0 Å². The summed E-state index contributed by atoms with van der Waals surface area (Å²) in [7, 11) is -3.89.